The highest BCUT2D eigenvalue weighted by atomic mass is 32.2. The number of hydrogen-bond donors (Lipinski definition) is 0. The van der Waals surface area contributed by atoms with Crippen LogP contribution in [0.4, 0.5) is 0 Å². The van der Waals surface area contributed by atoms with E-state index in [4.69, 9.17) is 9.47 Å². The van der Waals surface area contributed by atoms with E-state index >= 15 is 0 Å². The van der Waals surface area contributed by atoms with Gasteiger partial charge in [-0.25, -0.2) is 8.42 Å². The van der Waals surface area contributed by atoms with E-state index in [9.17, 15) is 13.2 Å². The van der Waals surface area contributed by atoms with E-state index < -0.39 is 10.0 Å². The molecule has 1 aliphatic rings. The van der Waals surface area contributed by atoms with Gasteiger partial charge in [0.25, 0.3) is 0 Å². The molecule has 2 atom stereocenters. The van der Waals surface area contributed by atoms with E-state index in [0.717, 1.165) is 29.7 Å². The second kappa shape index (κ2) is 12.3. The van der Waals surface area contributed by atoms with E-state index in [1.165, 1.54) is 28.4 Å². The predicted molar refractivity (Wildman–Crippen MR) is 150 cm³/mol. The number of ether oxygens (including phenoxy) is 2. The maximum atomic E-state index is 13.8. The van der Waals surface area contributed by atoms with Gasteiger partial charge in [-0.2, -0.15) is 4.31 Å². The molecular weight excluding hydrogens is 520 g/mol. The number of nitrogens with zero attached hydrogens (tertiary/aromatic N) is 2. The minimum absolute atomic E-state index is 0.0984. The summed E-state index contributed by atoms with van der Waals surface area (Å²) in [6.45, 7) is 6.90. The van der Waals surface area contributed by atoms with E-state index in [1.807, 2.05) is 56.5 Å². The highest BCUT2D eigenvalue weighted by Crippen LogP contribution is 2.34. The Bertz CT molecular complexity index is 1320. The fourth-order valence-corrected chi connectivity index (χ4v) is 6.98. The number of sulfonamides is 1. The van der Waals surface area contributed by atoms with Crippen LogP contribution in [0.2, 0.25) is 0 Å². The number of thiophene rings is 1. The van der Waals surface area contributed by atoms with E-state index in [2.05, 4.69) is 0 Å². The van der Waals surface area contributed by atoms with Crippen molar-refractivity contribution >= 4 is 27.3 Å². The van der Waals surface area contributed by atoms with Gasteiger partial charge in [0.1, 0.15) is 18.1 Å². The van der Waals surface area contributed by atoms with Gasteiger partial charge in [-0.15, -0.1) is 11.3 Å². The van der Waals surface area contributed by atoms with Crippen LogP contribution in [0.25, 0.3) is 0 Å². The molecule has 0 spiro atoms. The van der Waals surface area contributed by atoms with Crippen molar-refractivity contribution in [3.05, 3.63) is 76.0 Å². The third kappa shape index (κ3) is 6.39. The molecule has 2 aromatic carbocycles. The Kier molecular flexibility index (Phi) is 9.12. The Balaban J connectivity index is 1.57. The number of carbonyl (C=O) groups is 1. The number of methoxy groups -OCH3 is 1. The smallest absolute Gasteiger partial charge is 0.243 e. The molecule has 0 N–H and O–H groups in total. The normalized spacial score (nSPS) is 16.2. The van der Waals surface area contributed by atoms with Gasteiger partial charge in [-0.05, 0) is 72.7 Å². The second-order valence-corrected chi connectivity index (χ2v) is 12.7. The highest BCUT2D eigenvalue weighted by Gasteiger charge is 2.35. The van der Waals surface area contributed by atoms with Crippen LogP contribution in [-0.2, 0) is 21.2 Å². The molecule has 0 fully saturated rings. The summed E-state index contributed by atoms with van der Waals surface area (Å²) in [5, 5.41) is 2.04. The number of aryl methyl sites for hydroxylation is 1. The summed E-state index contributed by atoms with van der Waals surface area (Å²) in [6.07, 6.45) is 1.55. The molecule has 0 saturated heterocycles. The van der Waals surface area contributed by atoms with Gasteiger partial charge in [0, 0.05) is 18.0 Å². The summed E-state index contributed by atoms with van der Waals surface area (Å²) in [5.41, 5.74) is 2.22. The first-order valence-corrected chi connectivity index (χ1v) is 15.2. The lowest BCUT2D eigenvalue weighted by Gasteiger charge is -2.37. The van der Waals surface area contributed by atoms with Crippen LogP contribution in [0.1, 0.15) is 42.3 Å². The van der Waals surface area contributed by atoms with E-state index in [0.29, 0.717) is 18.9 Å². The summed E-state index contributed by atoms with van der Waals surface area (Å²) in [4.78, 5) is 17.0. The van der Waals surface area contributed by atoms with Crippen LogP contribution in [0, 0.1) is 12.8 Å². The van der Waals surface area contributed by atoms with Crippen molar-refractivity contribution < 1.29 is 22.7 Å². The van der Waals surface area contributed by atoms with Gasteiger partial charge >= 0.3 is 0 Å². The van der Waals surface area contributed by atoms with Crippen LogP contribution in [0.3, 0.4) is 0 Å². The number of fused-ring (bicyclic) bond motifs is 1. The SMILES string of the molecule is CC[C@@H](C)CN(CC(=O)N1CCc2sccc2[C@H]1COc1ccc(C)cc1)S(=O)(=O)c1ccc(OC)cc1. The van der Waals surface area contributed by atoms with Crippen molar-refractivity contribution in [2.24, 2.45) is 5.92 Å². The first-order valence-electron chi connectivity index (χ1n) is 12.9. The van der Waals surface area contributed by atoms with Crippen LogP contribution >= 0.6 is 11.3 Å². The fraction of sp³-hybridized carbons (Fsp3) is 0.414. The van der Waals surface area contributed by atoms with E-state index in [-0.39, 0.29) is 35.9 Å². The van der Waals surface area contributed by atoms with Gasteiger partial charge in [-0.1, -0.05) is 38.0 Å². The molecule has 0 radical (unpaired) electrons. The number of rotatable bonds is 11. The number of benzene rings is 2. The lowest BCUT2D eigenvalue weighted by molar-refractivity contribution is -0.135. The zero-order valence-electron chi connectivity index (χ0n) is 22.4. The summed E-state index contributed by atoms with van der Waals surface area (Å²) in [5.74, 6) is 1.19. The van der Waals surface area contributed by atoms with Crippen molar-refractivity contribution in [1.29, 1.82) is 0 Å². The van der Waals surface area contributed by atoms with Crippen molar-refractivity contribution in [2.75, 3.05) is 33.4 Å². The molecule has 0 bridgehead atoms. The third-order valence-corrected chi connectivity index (χ3v) is 9.89. The Morgan fingerprint density at radius 2 is 1.79 bits per heavy atom. The van der Waals surface area contributed by atoms with Crippen molar-refractivity contribution in [3.8, 4) is 11.5 Å². The van der Waals surface area contributed by atoms with Crippen LogP contribution in [0.15, 0.2) is 64.9 Å². The van der Waals surface area contributed by atoms with Crippen molar-refractivity contribution in [1.82, 2.24) is 9.21 Å². The van der Waals surface area contributed by atoms with Crippen LogP contribution < -0.4 is 9.47 Å². The average molecular weight is 557 g/mol. The molecule has 1 amide bonds. The summed E-state index contributed by atoms with van der Waals surface area (Å²) >= 11 is 1.69. The Labute approximate surface area is 230 Å². The molecule has 1 aromatic heterocycles. The molecule has 0 saturated carbocycles. The zero-order valence-corrected chi connectivity index (χ0v) is 24.1. The maximum absolute atomic E-state index is 13.8. The molecule has 38 heavy (non-hydrogen) atoms. The maximum Gasteiger partial charge on any atom is 0.243 e. The Hall–Kier alpha value is -2.88. The summed E-state index contributed by atoms with van der Waals surface area (Å²) in [6, 6.07) is 15.9. The molecule has 9 heteroatoms. The largest absolute Gasteiger partial charge is 0.497 e. The molecule has 2 heterocycles. The molecule has 4 rings (SSSR count). The third-order valence-electron chi connectivity index (χ3n) is 7.07. The van der Waals surface area contributed by atoms with Gasteiger partial charge < -0.3 is 14.4 Å². The molecule has 0 unspecified atom stereocenters. The highest BCUT2D eigenvalue weighted by molar-refractivity contribution is 7.89. The summed E-state index contributed by atoms with van der Waals surface area (Å²) in [7, 11) is -2.35. The van der Waals surface area contributed by atoms with Crippen LogP contribution in [0.5, 0.6) is 11.5 Å². The Morgan fingerprint density at radius 3 is 2.45 bits per heavy atom. The van der Waals surface area contributed by atoms with Gasteiger partial charge in [0.15, 0.2) is 0 Å². The monoisotopic (exact) mass is 556 g/mol. The molecule has 1 aliphatic heterocycles. The molecule has 3 aromatic rings. The lowest BCUT2D eigenvalue weighted by atomic mass is 10.0. The molecule has 7 nitrogen and oxygen atoms in total. The Morgan fingerprint density at radius 1 is 1.11 bits per heavy atom. The number of hydrogen-bond acceptors (Lipinski definition) is 6. The average Bonchev–Trinajstić information content (AvgIpc) is 3.41. The van der Waals surface area contributed by atoms with Crippen molar-refractivity contribution in [2.45, 2.75) is 44.6 Å². The second-order valence-electron chi connectivity index (χ2n) is 9.76. The first-order chi connectivity index (χ1) is 18.2. The van der Waals surface area contributed by atoms with Gasteiger partial charge in [-0.3, -0.25) is 4.79 Å². The number of amides is 1. The topological polar surface area (TPSA) is 76.2 Å². The summed E-state index contributed by atoms with van der Waals surface area (Å²) < 4.78 is 40.0. The molecule has 204 valence electrons. The molecular formula is C29H36N2O5S2. The zero-order chi connectivity index (χ0) is 27.3. The van der Waals surface area contributed by atoms with Crippen LogP contribution in [-0.4, -0.2) is 56.9 Å². The van der Waals surface area contributed by atoms with Gasteiger partial charge in [0.2, 0.25) is 15.9 Å². The quantitative estimate of drug-likeness (QED) is 0.320. The fourth-order valence-electron chi connectivity index (χ4n) is 4.55. The predicted octanol–water partition coefficient (Wildman–Crippen LogP) is 5.31. The first kappa shape index (κ1) is 28.1. The van der Waals surface area contributed by atoms with Gasteiger partial charge in [0.05, 0.1) is 24.6 Å². The standard InChI is InChI=1S/C29H36N2O5S2/c1-5-21(2)18-30(38(33,34)25-12-10-23(35-4)11-13-25)19-29(32)31-16-14-28-26(15-17-37-28)27(31)20-36-24-8-6-22(3)7-9-24/h6-13,15,17,21,27H,5,14,16,18-20H2,1-4H3/t21-,27-/m1/s1. The van der Waals surface area contributed by atoms with Crippen molar-refractivity contribution in [3.63, 3.8) is 0 Å². The number of carbonyl (C=O) groups excluding carboxylic acids is 1. The minimum atomic E-state index is -3.89. The lowest BCUT2D eigenvalue weighted by Crippen LogP contribution is -2.48. The van der Waals surface area contributed by atoms with E-state index in [1.54, 1.807) is 28.4 Å². The molecule has 0 aliphatic carbocycles. The minimum Gasteiger partial charge on any atom is -0.497 e.